The smallest absolute Gasteiger partial charge is 0.321 e. The zero-order valence-corrected chi connectivity index (χ0v) is 13.3. The number of nitrogens with one attached hydrogen (secondary N) is 2. The Morgan fingerprint density at radius 3 is 2.36 bits per heavy atom. The van der Waals surface area contributed by atoms with Gasteiger partial charge in [0.2, 0.25) is 10.0 Å². The second-order valence-electron chi connectivity index (χ2n) is 4.48. The Labute approximate surface area is 139 Å². The van der Waals surface area contributed by atoms with Gasteiger partial charge in [-0.15, -0.1) is 0 Å². The van der Waals surface area contributed by atoms with Crippen molar-refractivity contribution in [1.29, 1.82) is 0 Å². The van der Waals surface area contributed by atoms with Gasteiger partial charge in [0, 0.05) is 0 Å². The van der Waals surface area contributed by atoms with Crippen molar-refractivity contribution in [2.75, 3.05) is 6.54 Å². The molecule has 13 heteroatoms. The lowest BCUT2D eigenvalue weighted by Gasteiger charge is -2.12. The van der Waals surface area contributed by atoms with E-state index in [0.717, 1.165) is 6.92 Å². The van der Waals surface area contributed by atoms with Crippen LogP contribution >= 0.6 is 0 Å². The Balaban J connectivity index is 2.74. The molecule has 0 aromatic heterocycles. The summed E-state index contributed by atoms with van der Waals surface area (Å²) in [5.74, 6) is -7.88. The van der Waals surface area contributed by atoms with E-state index in [1.54, 1.807) is 10.0 Å². The number of rotatable bonds is 6. The average Bonchev–Trinajstić information content (AvgIpc) is 2.49. The Bertz CT molecular complexity index is 815. The minimum Gasteiger partial charge on any atom is -0.452 e. The molecule has 0 saturated heterocycles. The van der Waals surface area contributed by atoms with Crippen LogP contribution in [-0.2, 0) is 24.3 Å². The molecule has 0 aliphatic carbocycles. The molecule has 0 saturated carbocycles. The van der Waals surface area contributed by atoms with Crippen LogP contribution in [0.15, 0.2) is 17.0 Å². The predicted octanol–water partition coefficient (Wildman–Crippen LogP) is -0.491. The molecule has 4 N–H and O–H groups in total. The van der Waals surface area contributed by atoms with Crippen LogP contribution in [0.2, 0.25) is 0 Å². The molecule has 1 rings (SSSR count). The highest BCUT2D eigenvalue weighted by molar-refractivity contribution is 7.89. The number of imide groups is 1. The van der Waals surface area contributed by atoms with Gasteiger partial charge in [-0.1, -0.05) is 0 Å². The third-order valence-corrected chi connectivity index (χ3v) is 4.04. The molecule has 138 valence electrons. The third kappa shape index (κ3) is 5.42. The van der Waals surface area contributed by atoms with Crippen LogP contribution in [-0.4, -0.2) is 39.0 Å². The zero-order valence-electron chi connectivity index (χ0n) is 12.5. The van der Waals surface area contributed by atoms with Gasteiger partial charge in [-0.3, -0.25) is 14.9 Å². The van der Waals surface area contributed by atoms with E-state index in [0.29, 0.717) is 12.1 Å². The summed E-state index contributed by atoms with van der Waals surface area (Å²) in [6, 6.07) is -0.339. The minimum absolute atomic E-state index is 0.390. The lowest BCUT2D eigenvalue weighted by molar-refractivity contribution is -0.153. The van der Waals surface area contributed by atoms with E-state index in [-0.39, 0.29) is 0 Å². The highest BCUT2D eigenvalue weighted by Crippen LogP contribution is 2.19. The van der Waals surface area contributed by atoms with Crippen LogP contribution in [0.25, 0.3) is 0 Å². The van der Waals surface area contributed by atoms with Crippen molar-refractivity contribution in [1.82, 2.24) is 10.0 Å². The summed E-state index contributed by atoms with van der Waals surface area (Å²) < 4.78 is 69.0. The number of urea groups is 1. The molecular weight excluding hydrogens is 371 g/mol. The van der Waals surface area contributed by atoms with Gasteiger partial charge in [0.1, 0.15) is 11.4 Å². The van der Waals surface area contributed by atoms with Crippen molar-refractivity contribution in [2.24, 2.45) is 5.73 Å². The summed E-state index contributed by atoms with van der Waals surface area (Å²) in [7, 11) is -4.71. The fourth-order valence-corrected chi connectivity index (χ4v) is 2.50. The molecule has 0 fully saturated rings. The van der Waals surface area contributed by atoms with Crippen LogP contribution < -0.4 is 15.8 Å². The number of esters is 1. The number of halogens is 3. The third-order valence-electron chi connectivity index (χ3n) is 2.62. The largest absolute Gasteiger partial charge is 0.452 e. The Morgan fingerprint density at radius 1 is 1.20 bits per heavy atom. The first-order valence-corrected chi connectivity index (χ1v) is 7.87. The fraction of sp³-hybridized carbons (Fsp3) is 0.250. The van der Waals surface area contributed by atoms with Crippen molar-refractivity contribution in [3.05, 3.63) is 29.6 Å². The SMILES string of the molecule is C[C@@H](OC(=O)CNS(=O)(=O)c1ccc(F)c(F)c1F)C(=O)NC(N)=O. The summed E-state index contributed by atoms with van der Waals surface area (Å²) in [6.07, 6.45) is -1.48. The van der Waals surface area contributed by atoms with Gasteiger partial charge >= 0.3 is 12.0 Å². The van der Waals surface area contributed by atoms with Gasteiger partial charge in [-0.05, 0) is 19.1 Å². The topological polar surface area (TPSA) is 145 Å². The lowest BCUT2D eigenvalue weighted by atomic mass is 10.3. The van der Waals surface area contributed by atoms with Crippen LogP contribution in [0.1, 0.15) is 6.92 Å². The van der Waals surface area contributed by atoms with Crippen LogP contribution in [0.5, 0.6) is 0 Å². The molecule has 0 bridgehead atoms. The van der Waals surface area contributed by atoms with Crippen LogP contribution in [0.3, 0.4) is 0 Å². The summed E-state index contributed by atoms with van der Waals surface area (Å²) >= 11 is 0. The first-order chi connectivity index (χ1) is 11.5. The molecule has 0 unspecified atom stereocenters. The maximum absolute atomic E-state index is 13.5. The standard InChI is InChI=1S/C12H12F3N3O6S/c1-5(11(20)18-12(16)21)24-8(19)4-17-25(22,23)7-3-2-6(13)9(14)10(7)15/h2-3,5,17H,4H2,1H3,(H3,16,18,20,21)/t5-/m1/s1. The molecule has 1 aromatic rings. The van der Waals surface area contributed by atoms with Crippen molar-refractivity contribution in [3.63, 3.8) is 0 Å². The summed E-state index contributed by atoms with van der Waals surface area (Å²) in [5.41, 5.74) is 4.68. The number of hydrogen-bond donors (Lipinski definition) is 3. The normalized spacial score (nSPS) is 12.3. The van der Waals surface area contributed by atoms with Gasteiger partial charge in [0.15, 0.2) is 23.6 Å². The molecule has 3 amide bonds. The highest BCUT2D eigenvalue weighted by atomic mass is 32.2. The second kappa shape index (κ2) is 7.94. The number of carbonyl (C=O) groups is 3. The van der Waals surface area contributed by atoms with E-state index in [1.165, 1.54) is 0 Å². The molecule has 0 aliphatic heterocycles. The van der Waals surface area contributed by atoms with E-state index in [9.17, 15) is 36.0 Å². The fourth-order valence-electron chi connectivity index (χ4n) is 1.46. The Morgan fingerprint density at radius 2 is 1.80 bits per heavy atom. The summed E-state index contributed by atoms with van der Waals surface area (Å²) in [5, 5.41) is 1.62. The van der Waals surface area contributed by atoms with Crippen LogP contribution in [0, 0.1) is 17.5 Å². The maximum Gasteiger partial charge on any atom is 0.321 e. The number of hydrogen-bond acceptors (Lipinski definition) is 6. The van der Waals surface area contributed by atoms with E-state index < -0.39 is 62.9 Å². The Hall–Kier alpha value is -2.67. The molecular formula is C12H12F3N3O6S. The second-order valence-corrected chi connectivity index (χ2v) is 6.22. The number of carbonyl (C=O) groups excluding carboxylic acids is 3. The van der Waals surface area contributed by atoms with Crippen molar-refractivity contribution in [3.8, 4) is 0 Å². The first kappa shape index (κ1) is 20.4. The van der Waals surface area contributed by atoms with E-state index in [1.807, 2.05) is 0 Å². The first-order valence-electron chi connectivity index (χ1n) is 6.38. The van der Waals surface area contributed by atoms with E-state index in [4.69, 9.17) is 0 Å². The van der Waals surface area contributed by atoms with Gasteiger partial charge in [-0.2, -0.15) is 4.72 Å². The number of ether oxygens (including phenoxy) is 1. The molecule has 0 heterocycles. The van der Waals surface area contributed by atoms with Gasteiger partial charge in [-0.25, -0.2) is 26.4 Å². The van der Waals surface area contributed by atoms with Gasteiger partial charge < -0.3 is 10.5 Å². The number of primary amides is 1. The number of nitrogens with two attached hydrogens (primary N) is 1. The highest BCUT2D eigenvalue weighted by Gasteiger charge is 2.25. The molecule has 0 radical (unpaired) electrons. The summed E-state index contributed by atoms with van der Waals surface area (Å²) in [4.78, 5) is 32.0. The monoisotopic (exact) mass is 383 g/mol. The molecule has 0 spiro atoms. The molecule has 25 heavy (non-hydrogen) atoms. The lowest BCUT2D eigenvalue weighted by Crippen LogP contribution is -2.43. The minimum atomic E-state index is -4.71. The zero-order chi connectivity index (χ0) is 19.4. The van der Waals surface area contributed by atoms with Gasteiger partial charge in [0.25, 0.3) is 5.91 Å². The number of amides is 3. The van der Waals surface area contributed by atoms with E-state index in [2.05, 4.69) is 10.5 Å². The van der Waals surface area contributed by atoms with Crippen molar-refractivity contribution in [2.45, 2.75) is 17.9 Å². The van der Waals surface area contributed by atoms with E-state index >= 15 is 0 Å². The molecule has 1 aromatic carbocycles. The number of benzene rings is 1. The molecule has 0 aliphatic rings. The average molecular weight is 383 g/mol. The molecule has 1 atom stereocenters. The predicted molar refractivity (Wildman–Crippen MR) is 74.8 cm³/mol. The van der Waals surface area contributed by atoms with Crippen molar-refractivity contribution >= 4 is 27.9 Å². The summed E-state index contributed by atoms with van der Waals surface area (Å²) in [6.45, 7) is 0.0225. The Kier molecular flexibility index (Phi) is 6.47. The molecule has 9 nitrogen and oxygen atoms in total. The van der Waals surface area contributed by atoms with Gasteiger partial charge in [0.05, 0.1) is 0 Å². The number of sulfonamides is 1. The van der Waals surface area contributed by atoms with Crippen LogP contribution in [0.4, 0.5) is 18.0 Å². The maximum atomic E-state index is 13.5. The van der Waals surface area contributed by atoms with Crippen molar-refractivity contribution < 1.29 is 40.7 Å². The quantitative estimate of drug-likeness (QED) is 0.446.